The number of hydrogen-bond acceptors (Lipinski definition) is 4. The highest BCUT2D eigenvalue weighted by Gasteiger charge is 2.30. The lowest BCUT2D eigenvalue weighted by atomic mass is 10.2. The molecule has 1 aliphatic heterocycles. The smallest absolute Gasteiger partial charge is 0.246 e. The SMILES string of the molecule is CC[C@@H](N)C(=O)N1CCN(c2cnn(C)c2)C(=O)C1. The van der Waals surface area contributed by atoms with Crippen LogP contribution in [0.4, 0.5) is 5.69 Å². The van der Waals surface area contributed by atoms with Crippen molar-refractivity contribution < 1.29 is 9.59 Å². The van der Waals surface area contributed by atoms with Gasteiger partial charge in [-0.15, -0.1) is 0 Å². The van der Waals surface area contributed by atoms with Crippen molar-refractivity contribution in [2.45, 2.75) is 19.4 Å². The second-order valence-electron chi connectivity index (χ2n) is 4.69. The highest BCUT2D eigenvalue weighted by Crippen LogP contribution is 2.16. The molecule has 1 aromatic heterocycles. The summed E-state index contributed by atoms with van der Waals surface area (Å²) in [6.07, 6.45) is 4.01. The zero-order valence-electron chi connectivity index (χ0n) is 11.2. The van der Waals surface area contributed by atoms with Crippen LogP contribution in [-0.4, -0.2) is 52.2 Å². The molecule has 0 bridgehead atoms. The first-order valence-electron chi connectivity index (χ1n) is 6.36. The zero-order chi connectivity index (χ0) is 14.0. The quantitative estimate of drug-likeness (QED) is 0.785. The average Bonchev–Trinajstić information content (AvgIpc) is 2.83. The maximum atomic E-state index is 12.1. The van der Waals surface area contributed by atoms with Crippen LogP contribution >= 0.6 is 0 Å². The first kappa shape index (κ1) is 13.5. The average molecular weight is 265 g/mol. The van der Waals surface area contributed by atoms with Crippen LogP contribution in [0.25, 0.3) is 0 Å². The Morgan fingerprint density at radius 2 is 2.26 bits per heavy atom. The summed E-state index contributed by atoms with van der Waals surface area (Å²) in [4.78, 5) is 27.2. The molecule has 0 radical (unpaired) electrons. The fraction of sp³-hybridized carbons (Fsp3) is 0.583. The fourth-order valence-corrected chi connectivity index (χ4v) is 2.09. The van der Waals surface area contributed by atoms with E-state index >= 15 is 0 Å². The number of anilines is 1. The second kappa shape index (κ2) is 5.40. The summed E-state index contributed by atoms with van der Waals surface area (Å²) in [6, 6.07) is -0.516. The number of piperazine rings is 1. The normalized spacial score (nSPS) is 17.7. The Hall–Kier alpha value is -1.89. The summed E-state index contributed by atoms with van der Waals surface area (Å²) in [5, 5.41) is 4.04. The first-order chi connectivity index (χ1) is 9.02. The summed E-state index contributed by atoms with van der Waals surface area (Å²) in [6.45, 7) is 2.93. The number of rotatable bonds is 3. The molecule has 0 aliphatic carbocycles. The largest absolute Gasteiger partial charge is 0.330 e. The van der Waals surface area contributed by atoms with Crippen LogP contribution in [0.5, 0.6) is 0 Å². The Labute approximate surface area is 111 Å². The van der Waals surface area contributed by atoms with E-state index in [0.29, 0.717) is 19.5 Å². The van der Waals surface area contributed by atoms with Crippen LogP contribution in [0, 0.1) is 0 Å². The molecule has 104 valence electrons. The van der Waals surface area contributed by atoms with Gasteiger partial charge < -0.3 is 15.5 Å². The molecule has 1 atom stereocenters. The minimum Gasteiger partial charge on any atom is -0.330 e. The number of nitrogens with zero attached hydrogens (tertiary/aromatic N) is 4. The highest BCUT2D eigenvalue weighted by molar-refractivity contribution is 5.98. The van der Waals surface area contributed by atoms with Gasteiger partial charge in [0, 0.05) is 26.3 Å². The molecule has 2 heterocycles. The van der Waals surface area contributed by atoms with Crippen LogP contribution in [0.1, 0.15) is 13.3 Å². The third kappa shape index (κ3) is 2.76. The van der Waals surface area contributed by atoms with Crippen molar-refractivity contribution in [1.82, 2.24) is 14.7 Å². The monoisotopic (exact) mass is 265 g/mol. The van der Waals surface area contributed by atoms with Gasteiger partial charge in [-0.1, -0.05) is 6.92 Å². The minimum atomic E-state index is -0.516. The number of aryl methyl sites for hydroxylation is 1. The van der Waals surface area contributed by atoms with E-state index in [1.54, 1.807) is 29.0 Å². The number of amides is 2. The minimum absolute atomic E-state index is 0.0847. The lowest BCUT2D eigenvalue weighted by Gasteiger charge is -2.34. The maximum absolute atomic E-state index is 12.1. The molecule has 1 aliphatic rings. The predicted molar refractivity (Wildman–Crippen MR) is 70.4 cm³/mol. The topological polar surface area (TPSA) is 84.5 Å². The Bertz CT molecular complexity index is 484. The Balaban J connectivity index is 2.02. The fourth-order valence-electron chi connectivity index (χ4n) is 2.09. The molecule has 2 amide bonds. The van der Waals surface area contributed by atoms with E-state index in [2.05, 4.69) is 5.10 Å². The van der Waals surface area contributed by atoms with Crippen LogP contribution in [0.3, 0.4) is 0 Å². The third-order valence-electron chi connectivity index (χ3n) is 3.29. The van der Waals surface area contributed by atoms with E-state index < -0.39 is 6.04 Å². The Kier molecular flexibility index (Phi) is 3.84. The van der Waals surface area contributed by atoms with Crippen molar-refractivity contribution in [2.24, 2.45) is 12.8 Å². The molecular formula is C12H19N5O2. The van der Waals surface area contributed by atoms with Gasteiger partial charge >= 0.3 is 0 Å². The Morgan fingerprint density at radius 3 is 2.79 bits per heavy atom. The van der Waals surface area contributed by atoms with Gasteiger partial charge in [-0.25, -0.2) is 0 Å². The third-order valence-corrected chi connectivity index (χ3v) is 3.29. The van der Waals surface area contributed by atoms with Crippen LogP contribution in [0.2, 0.25) is 0 Å². The van der Waals surface area contributed by atoms with Crippen LogP contribution in [-0.2, 0) is 16.6 Å². The lowest BCUT2D eigenvalue weighted by molar-refractivity contribution is -0.137. The molecule has 0 aromatic carbocycles. The van der Waals surface area contributed by atoms with Crippen molar-refractivity contribution in [2.75, 3.05) is 24.5 Å². The summed E-state index contributed by atoms with van der Waals surface area (Å²) in [5.41, 5.74) is 6.48. The van der Waals surface area contributed by atoms with E-state index in [9.17, 15) is 9.59 Å². The molecule has 0 unspecified atom stereocenters. The number of carbonyl (C=O) groups excluding carboxylic acids is 2. The first-order valence-corrected chi connectivity index (χ1v) is 6.36. The molecule has 19 heavy (non-hydrogen) atoms. The van der Waals surface area contributed by atoms with Gasteiger partial charge in [-0.3, -0.25) is 14.3 Å². The van der Waals surface area contributed by atoms with Crippen molar-refractivity contribution in [1.29, 1.82) is 0 Å². The molecule has 1 aromatic rings. The Morgan fingerprint density at radius 1 is 1.53 bits per heavy atom. The van der Waals surface area contributed by atoms with E-state index in [-0.39, 0.29) is 18.4 Å². The van der Waals surface area contributed by atoms with Crippen molar-refractivity contribution in [3.05, 3.63) is 12.4 Å². The van der Waals surface area contributed by atoms with Crippen molar-refractivity contribution in [3.8, 4) is 0 Å². The molecule has 0 saturated carbocycles. The summed E-state index contributed by atoms with van der Waals surface area (Å²) in [7, 11) is 1.80. The van der Waals surface area contributed by atoms with Gasteiger partial charge in [-0.2, -0.15) is 5.10 Å². The van der Waals surface area contributed by atoms with Gasteiger partial charge in [0.05, 0.1) is 17.9 Å². The van der Waals surface area contributed by atoms with E-state index in [1.165, 1.54) is 4.90 Å². The second-order valence-corrected chi connectivity index (χ2v) is 4.69. The number of aromatic nitrogens is 2. The van der Waals surface area contributed by atoms with Crippen LogP contribution in [0.15, 0.2) is 12.4 Å². The van der Waals surface area contributed by atoms with Crippen molar-refractivity contribution >= 4 is 17.5 Å². The number of hydrogen-bond donors (Lipinski definition) is 1. The molecule has 2 rings (SSSR count). The van der Waals surface area contributed by atoms with E-state index in [0.717, 1.165) is 5.69 Å². The van der Waals surface area contributed by atoms with Gasteiger partial charge in [0.2, 0.25) is 11.8 Å². The van der Waals surface area contributed by atoms with Gasteiger partial charge in [0.15, 0.2) is 0 Å². The lowest BCUT2D eigenvalue weighted by Crippen LogP contribution is -2.55. The van der Waals surface area contributed by atoms with E-state index in [4.69, 9.17) is 5.73 Å². The summed E-state index contributed by atoms with van der Waals surface area (Å²) in [5.74, 6) is -0.252. The molecule has 1 fully saturated rings. The van der Waals surface area contributed by atoms with Gasteiger partial charge in [0.25, 0.3) is 0 Å². The maximum Gasteiger partial charge on any atom is 0.246 e. The summed E-state index contributed by atoms with van der Waals surface area (Å²) >= 11 is 0. The van der Waals surface area contributed by atoms with Gasteiger partial charge in [-0.05, 0) is 6.42 Å². The molecule has 7 nitrogen and oxygen atoms in total. The molecule has 1 saturated heterocycles. The van der Waals surface area contributed by atoms with Crippen molar-refractivity contribution in [3.63, 3.8) is 0 Å². The van der Waals surface area contributed by atoms with Gasteiger partial charge in [0.1, 0.15) is 6.54 Å². The van der Waals surface area contributed by atoms with Crippen LogP contribution < -0.4 is 10.6 Å². The predicted octanol–water partition coefficient (Wildman–Crippen LogP) is -0.667. The van der Waals surface area contributed by atoms with E-state index in [1.807, 2.05) is 6.92 Å². The number of carbonyl (C=O) groups is 2. The zero-order valence-corrected chi connectivity index (χ0v) is 11.2. The molecular weight excluding hydrogens is 246 g/mol. The highest BCUT2D eigenvalue weighted by atomic mass is 16.2. The summed E-state index contributed by atoms with van der Waals surface area (Å²) < 4.78 is 1.65. The molecule has 0 spiro atoms. The molecule has 2 N–H and O–H groups in total. The molecule has 7 heteroatoms. The standard InChI is InChI=1S/C12H19N5O2/c1-3-10(13)12(19)16-4-5-17(11(18)8-16)9-6-14-15(2)7-9/h6-7,10H,3-5,8,13H2,1-2H3/t10-/m1/s1. The number of nitrogens with two attached hydrogens (primary N) is 1.